The van der Waals surface area contributed by atoms with Crippen LogP contribution in [0.1, 0.15) is 29.3 Å². The molecule has 0 atom stereocenters. The van der Waals surface area contributed by atoms with Gasteiger partial charge in [0.2, 0.25) is 10.0 Å². The van der Waals surface area contributed by atoms with Crippen LogP contribution in [0, 0.1) is 11.6 Å². The molecule has 0 aliphatic rings. The third-order valence-electron chi connectivity index (χ3n) is 3.61. The Kier molecular flexibility index (Phi) is 5.01. The van der Waals surface area contributed by atoms with E-state index in [4.69, 9.17) is 0 Å². The Labute approximate surface area is 152 Å². The first-order valence-electron chi connectivity index (χ1n) is 7.68. The van der Waals surface area contributed by atoms with Crippen molar-refractivity contribution in [1.29, 1.82) is 0 Å². The lowest BCUT2D eigenvalue weighted by Crippen LogP contribution is -2.18. The van der Waals surface area contributed by atoms with Crippen molar-refractivity contribution in [2.75, 3.05) is 10.5 Å². The van der Waals surface area contributed by atoms with E-state index in [0.29, 0.717) is 18.0 Å². The lowest BCUT2D eigenvalue weighted by Gasteiger charge is -2.11. The third kappa shape index (κ3) is 3.73. The van der Waals surface area contributed by atoms with Gasteiger partial charge in [0.15, 0.2) is 11.6 Å². The molecule has 0 saturated heterocycles. The molecule has 0 radical (unpaired) electrons. The third-order valence-corrected chi connectivity index (χ3v) is 5.88. The molecule has 9 heteroatoms. The van der Waals surface area contributed by atoms with Crippen LogP contribution >= 0.6 is 11.3 Å². The molecule has 0 spiro atoms. The minimum Gasteiger partial charge on any atom is -0.288 e. The molecular formula is C17H14F2N2O3S2. The lowest BCUT2D eigenvalue weighted by molar-refractivity contribution is 0.103. The van der Waals surface area contributed by atoms with E-state index in [0.717, 1.165) is 10.8 Å². The van der Waals surface area contributed by atoms with E-state index in [1.54, 1.807) is 24.6 Å². The van der Waals surface area contributed by atoms with Crippen LogP contribution in [0.2, 0.25) is 0 Å². The molecular weight excluding hydrogens is 382 g/mol. The zero-order valence-corrected chi connectivity index (χ0v) is 15.3. The van der Waals surface area contributed by atoms with Crippen molar-refractivity contribution in [1.82, 2.24) is 4.98 Å². The van der Waals surface area contributed by atoms with Crippen molar-refractivity contribution in [3.63, 3.8) is 0 Å². The van der Waals surface area contributed by atoms with Gasteiger partial charge in [-0.25, -0.2) is 22.2 Å². The summed E-state index contributed by atoms with van der Waals surface area (Å²) in [6, 6.07) is 6.09. The molecule has 0 aliphatic carbocycles. The molecule has 2 aromatic carbocycles. The van der Waals surface area contributed by atoms with Gasteiger partial charge in [-0.1, -0.05) is 6.92 Å². The summed E-state index contributed by atoms with van der Waals surface area (Å²) in [5, 5.41) is 0. The van der Waals surface area contributed by atoms with Crippen LogP contribution < -0.4 is 4.72 Å². The Morgan fingerprint density at radius 1 is 1.23 bits per heavy atom. The van der Waals surface area contributed by atoms with E-state index < -0.39 is 38.7 Å². The molecule has 26 heavy (non-hydrogen) atoms. The van der Waals surface area contributed by atoms with Gasteiger partial charge in [0.05, 0.1) is 32.7 Å². The van der Waals surface area contributed by atoms with Crippen LogP contribution in [0.5, 0.6) is 0 Å². The number of hydrogen-bond acceptors (Lipinski definition) is 5. The fourth-order valence-electron chi connectivity index (χ4n) is 2.47. The molecule has 0 bridgehead atoms. The number of benzene rings is 2. The number of nitrogens with one attached hydrogen (secondary N) is 1. The predicted molar refractivity (Wildman–Crippen MR) is 97.1 cm³/mol. The van der Waals surface area contributed by atoms with E-state index in [1.165, 1.54) is 17.4 Å². The molecule has 0 aliphatic heterocycles. The van der Waals surface area contributed by atoms with Gasteiger partial charge in [0, 0.05) is 11.6 Å². The number of fused-ring (bicyclic) bond motifs is 1. The SMILES string of the molecule is CCCS(=O)(=O)Nc1cc(F)cc(C(=O)c2ccc3ncsc3c2)c1F. The van der Waals surface area contributed by atoms with Crippen molar-refractivity contribution < 1.29 is 22.0 Å². The minimum absolute atomic E-state index is 0.161. The lowest BCUT2D eigenvalue weighted by atomic mass is 10.0. The van der Waals surface area contributed by atoms with Gasteiger partial charge < -0.3 is 0 Å². The molecule has 1 aromatic heterocycles. The monoisotopic (exact) mass is 396 g/mol. The number of hydrogen-bond donors (Lipinski definition) is 1. The fourth-order valence-corrected chi connectivity index (χ4v) is 4.31. The summed E-state index contributed by atoms with van der Waals surface area (Å²) in [4.78, 5) is 16.7. The number of thiazole rings is 1. The number of carbonyl (C=O) groups excluding carboxylic acids is 1. The second-order valence-corrected chi connectivity index (χ2v) is 8.33. The maximum atomic E-state index is 14.7. The second kappa shape index (κ2) is 7.08. The number of rotatable bonds is 6. The Morgan fingerprint density at radius 3 is 2.73 bits per heavy atom. The number of sulfonamides is 1. The standard InChI is InChI=1S/C17H14F2N2O3S2/c1-2-5-26(23,24)21-14-8-11(18)7-12(16(14)19)17(22)10-3-4-13-15(6-10)25-9-20-13/h3-4,6-9,21H,2,5H2,1H3. The van der Waals surface area contributed by atoms with Gasteiger partial charge in [-0.2, -0.15) is 0 Å². The summed E-state index contributed by atoms with van der Waals surface area (Å²) in [5.74, 6) is -3.01. The van der Waals surface area contributed by atoms with Gasteiger partial charge in [-0.3, -0.25) is 9.52 Å². The van der Waals surface area contributed by atoms with E-state index in [2.05, 4.69) is 4.98 Å². The molecule has 3 aromatic rings. The van der Waals surface area contributed by atoms with Crippen molar-refractivity contribution in [2.45, 2.75) is 13.3 Å². The zero-order valence-electron chi connectivity index (χ0n) is 13.6. The molecule has 0 saturated carbocycles. The molecule has 0 amide bonds. The maximum Gasteiger partial charge on any atom is 0.232 e. The predicted octanol–water partition coefficient (Wildman–Crippen LogP) is 3.96. The number of halogens is 2. The number of anilines is 1. The Hall–Kier alpha value is -2.39. The quantitative estimate of drug-likeness (QED) is 0.640. The van der Waals surface area contributed by atoms with Crippen molar-refractivity contribution in [3.05, 3.63) is 58.6 Å². The highest BCUT2D eigenvalue weighted by Gasteiger charge is 2.22. The largest absolute Gasteiger partial charge is 0.288 e. The molecule has 1 N–H and O–H groups in total. The molecule has 5 nitrogen and oxygen atoms in total. The van der Waals surface area contributed by atoms with Gasteiger partial charge in [0.25, 0.3) is 0 Å². The number of aromatic nitrogens is 1. The van der Waals surface area contributed by atoms with Crippen LogP contribution in [0.15, 0.2) is 35.8 Å². The van der Waals surface area contributed by atoms with E-state index >= 15 is 0 Å². The second-order valence-electron chi connectivity index (χ2n) is 5.60. The molecule has 1 heterocycles. The van der Waals surface area contributed by atoms with Crippen LogP contribution in [-0.4, -0.2) is 24.9 Å². The topological polar surface area (TPSA) is 76.1 Å². The van der Waals surface area contributed by atoms with Crippen molar-refractivity contribution in [3.8, 4) is 0 Å². The normalized spacial score (nSPS) is 11.7. The highest BCUT2D eigenvalue weighted by atomic mass is 32.2. The van der Waals surface area contributed by atoms with Gasteiger partial charge in [-0.05, 0) is 30.7 Å². The van der Waals surface area contributed by atoms with Gasteiger partial charge >= 0.3 is 0 Å². The first kappa shape index (κ1) is 18.4. The van der Waals surface area contributed by atoms with E-state index in [-0.39, 0.29) is 11.3 Å². The van der Waals surface area contributed by atoms with Crippen LogP contribution in [0.25, 0.3) is 10.2 Å². The van der Waals surface area contributed by atoms with Crippen LogP contribution in [-0.2, 0) is 10.0 Å². The fraction of sp³-hybridized carbons (Fsp3) is 0.176. The number of nitrogens with zero attached hydrogens (tertiary/aromatic N) is 1. The Morgan fingerprint density at radius 2 is 2.00 bits per heavy atom. The van der Waals surface area contributed by atoms with Gasteiger partial charge in [-0.15, -0.1) is 11.3 Å². The highest BCUT2D eigenvalue weighted by Crippen LogP contribution is 2.26. The van der Waals surface area contributed by atoms with Crippen LogP contribution in [0.4, 0.5) is 14.5 Å². The van der Waals surface area contributed by atoms with Crippen molar-refractivity contribution >= 4 is 43.0 Å². The summed E-state index contributed by atoms with van der Waals surface area (Å²) in [7, 11) is -3.83. The first-order chi connectivity index (χ1) is 12.3. The molecule has 136 valence electrons. The Bertz CT molecular complexity index is 1090. The minimum atomic E-state index is -3.83. The Balaban J connectivity index is 2.02. The van der Waals surface area contributed by atoms with Gasteiger partial charge in [0.1, 0.15) is 5.82 Å². The van der Waals surface area contributed by atoms with E-state index in [9.17, 15) is 22.0 Å². The molecule has 3 rings (SSSR count). The summed E-state index contributed by atoms with van der Waals surface area (Å²) in [5.41, 5.74) is 1.35. The van der Waals surface area contributed by atoms with Crippen LogP contribution in [0.3, 0.4) is 0 Å². The summed E-state index contributed by atoms with van der Waals surface area (Å²) >= 11 is 1.32. The van der Waals surface area contributed by atoms with E-state index in [1.807, 2.05) is 4.72 Å². The average molecular weight is 396 g/mol. The number of ketones is 1. The zero-order chi connectivity index (χ0) is 18.9. The first-order valence-corrected chi connectivity index (χ1v) is 10.2. The maximum absolute atomic E-state index is 14.7. The molecule has 0 unspecified atom stereocenters. The smallest absolute Gasteiger partial charge is 0.232 e. The molecule has 0 fully saturated rings. The highest BCUT2D eigenvalue weighted by molar-refractivity contribution is 7.92. The number of carbonyl (C=O) groups is 1. The average Bonchev–Trinajstić information content (AvgIpc) is 3.04. The summed E-state index contributed by atoms with van der Waals surface area (Å²) < 4.78 is 55.0. The van der Waals surface area contributed by atoms with Crippen molar-refractivity contribution in [2.24, 2.45) is 0 Å². The summed E-state index contributed by atoms with van der Waals surface area (Å²) in [6.07, 6.45) is 0.312. The summed E-state index contributed by atoms with van der Waals surface area (Å²) in [6.45, 7) is 1.64.